The normalized spacial score (nSPS) is 15.3. The van der Waals surface area contributed by atoms with E-state index in [1.165, 1.54) is 29.9 Å². The number of nitrogens with zero attached hydrogens (tertiary/aromatic N) is 2. The minimum absolute atomic E-state index is 0.00139. The van der Waals surface area contributed by atoms with Crippen molar-refractivity contribution in [3.8, 4) is 0 Å². The molecule has 1 aromatic heterocycles. The Kier molecular flexibility index (Phi) is 6.88. The van der Waals surface area contributed by atoms with Gasteiger partial charge in [0.1, 0.15) is 12.4 Å². The van der Waals surface area contributed by atoms with Gasteiger partial charge in [0, 0.05) is 0 Å². The molecule has 2 heterocycles. The van der Waals surface area contributed by atoms with Crippen LogP contribution in [0, 0.1) is 5.82 Å². The van der Waals surface area contributed by atoms with Crippen molar-refractivity contribution in [3.05, 3.63) is 115 Å². The number of aromatic nitrogens is 1. The first-order valence-corrected chi connectivity index (χ1v) is 11.4. The first-order chi connectivity index (χ1) is 16.8. The van der Waals surface area contributed by atoms with Gasteiger partial charge < -0.3 is 9.47 Å². The van der Waals surface area contributed by atoms with Crippen LogP contribution in [0.4, 0.5) is 4.39 Å². The molecule has 178 valence electrons. The number of methoxy groups -OCH3 is 1. The van der Waals surface area contributed by atoms with Crippen LogP contribution in [0.2, 0.25) is 0 Å². The molecule has 1 unspecified atom stereocenters. The average Bonchev–Trinajstić information content (AvgIpc) is 3.16. The fraction of sp³-hybridized carbons (Fsp3) is 0.154. The van der Waals surface area contributed by atoms with E-state index >= 15 is 0 Å². The monoisotopic (exact) mass is 492 g/mol. The summed E-state index contributed by atoms with van der Waals surface area (Å²) in [6.45, 7) is 5.24. The Morgan fingerprint density at radius 3 is 2.46 bits per heavy atom. The number of hydrogen-bond donors (Lipinski definition) is 0. The molecule has 0 amide bonds. The van der Waals surface area contributed by atoms with Crippen LogP contribution in [0.15, 0.2) is 82.2 Å². The highest BCUT2D eigenvalue weighted by Gasteiger charge is 2.33. The lowest BCUT2D eigenvalue weighted by molar-refractivity contribution is -0.138. The number of hydrogen-bond acceptors (Lipinski definition) is 7. The molecule has 0 radical (unpaired) electrons. The number of halogens is 1. The molecule has 1 aliphatic rings. The van der Waals surface area contributed by atoms with E-state index in [2.05, 4.69) is 11.6 Å². The second kappa shape index (κ2) is 10.0. The number of allylic oxidation sites excluding steroid dienone is 1. The summed E-state index contributed by atoms with van der Waals surface area (Å²) in [5.74, 6) is -1.50. The van der Waals surface area contributed by atoms with E-state index in [0.717, 1.165) is 11.3 Å². The summed E-state index contributed by atoms with van der Waals surface area (Å²) in [4.78, 5) is 43.3. The summed E-state index contributed by atoms with van der Waals surface area (Å²) in [5.41, 5.74) is 1.83. The van der Waals surface area contributed by atoms with Gasteiger partial charge in [0.2, 0.25) is 0 Å². The van der Waals surface area contributed by atoms with Crippen LogP contribution < -0.4 is 14.9 Å². The molecular formula is C26H21FN2O5S. The van der Waals surface area contributed by atoms with E-state index in [-0.39, 0.29) is 23.6 Å². The maximum absolute atomic E-state index is 13.5. The Bertz CT molecular complexity index is 1520. The van der Waals surface area contributed by atoms with E-state index in [1.807, 2.05) is 0 Å². The second-order valence-corrected chi connectivity index (χ2v) is 8.64. The lowest BCUT2D eigenvalue weighted by Crippen LogP contribution is -2.40. The van der Waals surface area contributed by atoms with Crippen LogP contribution in [-0.2, 0) is 14.3 Å². The van der Waals surface area contributed by atoms with Gasteiger partial charge in [-0.25, -0.2) is 19.0 Å². The van der Waals surface area contributed by atoms with Crippen molar-refractivity contribution in [2.45, 2.75) is 13.0 Å². The third-order valence-electron chi connectivity index (χ3n) is 5.39. The van der Waals surface area contributed by atoms with Gasteiger partial charge in [-0.3, -0.25) is 9.36 Å². The van der Waals surface area contributed by atoms with E-state index < -0.39 is 18.0 Å². The highest BCUT2D eigenvalue weighted by atomic mass is 32.1. The molecule has 3 aromatic rings. The number of ether oxygens (including phenoxy) is 2. The summed E-state index contributed by atoms with van der Waals surface area (Å²) in [7, 11) is 1.29. The van der Waals surface area contributed by atoms with Crippen LogP contribution in [0.25, 0.3) is 6.08 Å². The zero-order valence-electron chi connectivity index (χ0n) is 19.0. The molecular weight excluding hydrogens is 471 g/mol. The molecule has 0 saturated heterocycles. The molecule has 0 aliphatic carbocycles. The fourth-order valence-corrected chi connectivity index (χ4v) is 4.79. The van der Waals surface area contributed by atoms with E-state index in [1.54, 1.807) is 49.4 Å². The molecule has 1 atom stereocenters. The maximum Gasteiger partial charge on any atom is 0.338 e. The molecule has 9 heteroatoms. The zero-order chi connectivity index (χ0) is 25.1. The SMILES string of the molecule is C=CCOC(=O)C1=C(C)N=c2sc(=Cc3ccc(F)cc3)c(=O)n2C1c1ccc(C(=O)OC)cc1. The summed E-state index contributed by atoms with van der Waals surface area (Å²) < 4.78 is 25.2. The zero-order valence-corrected chi connectivity index (χ0v) is 19.8. The van der Waals surface area contributed by atoms with Gasteiger partial charge in [0.05, 0.1) is 34.5 Å². The molecule has 7 nitrogen and oxygen atoms in total. The number of rotatable bonds is 6. The Hall–Kier alpha value is -4.11. The number of benzene rings is 2. The van der Waals surface area contributed by atoms with Crippen LogP contribution in [0.3, 0.4) is 0 Å². The largest absolute Gasteiger partial charge is 0.465 e. The molecule has 0 fully saturated rings. The predicted molar refractivity (Wildman–Crippen MR) is 129 cm³/mol. The number of fused-ring (bicyclic) bond motifs is 1. The summed E-state index contributed by atoms with van der Waals surface area (Å²) >= 11 is 1.16. The molecule has 0 bridgehead atoms. The smallest absolute Gasteiger partial charge is 0.338 e. The predicted octanol–water partition coefficient (Wildman–Crippen LogP) is 2.89. The summed E-state index contributed by atoms with van der Waals surface area (Å²) in [6.07, 6.45) is 3.10. The number of carbonyl (C=O) groups is 2. The van der Waals surface area contributed by atoms with Crippen molar-refractivity contribution in [1.29, 1.82) is 0 Å². The topological polar surface area (TPSA) is 87.0 Å². The second-order valence-electron chi connectivity index (χ2n) is 7.63. The van der Waals surface area contributed by atoms with E-state index in [9.17, 15) is 18.8 Å². The van der Waals surface area contributed by atoms with Gasteiger partial charge in [0.25, 0.3) is 5.56 Å². The minimum atomic E-state index is -0.828. The van der Waals surface area contributed by atoms with Crippen LogP contribution in [-0.4, -0.2) is 30.2 Å². The maximum atomic E-state index is 13.5. The third kappa shape index (κ3) is 4.76. The van der Waals surface area contributed by atoms with Gasteiger partial charge in [-0.15, -0.1) is 0 Å². The number of thiazole rings is 1. The molecule has 0 spiro atoms. The van der Waals surface area contributed by atoms with E-state index in [0.29, 0.717) is 31.7 Å². The number of carbonyl (C=O) groups excluding carboxylic acids is 2. The van der Waals surface area contributed by atoms with Crippen LogP contribution >= 0.6 is 11.3 Å². The lowest BCUT2D eigenvalue weighted by atomic mass is 9.95. The fourth-order valence-electron chi connectivity index (χ4n) is 3.74. The number of esters is 2. The third-order valence-corrected chi connectivity index (χ3v) is 6.37. The highest BCUT2D eigenvalue weighted by Crippen LogP contribution is 2.31. The Morgan fingerprint density at radius 2 is 1.83 bits per heavy atom. The van der Waals surface area contributed by atoms with E-state index in [4.69, 9.17) is 9.47 Å². The van der Waals surface area contributed by atoms with Gasteiger partial charge in [0.15, 0.2) is 4.80 Å². The molecule has 2 aromatic carbocycles. The first kappa shape index (κ1) is 24.0. The van der Waals surface area contributed by atoms with Crippen LogP contribution in [0.1, 0.15) is 34.5 Å². The Morgan fingerprint density at radius 1 is 1.14 bits per heavy atom. The molecule has 0 saturated carbocycles. The van der Waals surface area contributed by atoms with Crippen molar-refractivity contribution in [3.63, 3.8) is 0 Å². The Labute approximate surface area is 203 Å². The molecule has 35 heavy (non-hydrogen) atoms. The van der Waals surface area contributed by atoms with Gasteiger partial charge >= 0.3 is 11.9 Å². The van der Waals surface area contributed by atoms with Gasteiger partial charge in [-0.1, -0.05) is 48.3 Å². The van der Waals surface area contributed by atoms with Crippen LogP contribution in [0.5, 0.6) is 0 Å². The molecule has 4 rings (SSSR count). The first-order valence-electron chi connectivity index (χ1n) is 10.6. The summed E-state index contributed by atoms with van der Waals surface area (Å²) in [5, 5.41) is 0. The van der Waals surface area contributed by atoms with Gasteiger partial charge in [-0.2, -0.15) is 0 Å². The van der Waals surface area contributed by atoms with Crippen molar-refractivity contribution < 1.29 is 23.5 Å². The van der Waals surface area contributed by atoms with Crippen molar-refractivity contribution in [2.75, 3.05) is 13.7 Å². The molecule has 1 aliphatic heterocycles. The van der Waals surface area contributed by atoms with Crippen molar-refractivity contribution >= 4 is 29.4 Å². The summed E-state index contributed by atoms with van der Waals surface area (Å²) in [6, 6.07) is 11.4. The lowest BCUT2D eigenvalue weighted by Gasteiger charge is -2.24. The van der Waals surface area contributed by atoms with Gasteiger partial charge in [-0.05, 0) is 48.4 Å². The van der Waals surface area contributed by atoms with Crippen molar-refractivity contribution in [1.82, 2.24) is 4.57 Å². The van der Waals surface area contributed by atoms with Crippen molar-refractivity contribution in [2.24, 2.45) is 4.99 Å². The Balaban J connectivity index is 1.90. The molecule has 0 N–H and O–H groups in total. The highest BCUT2D eigenvalue weighted by molar-refractivity contribution is 7.07. The average molecular weight is 493 g/mol. The quantitative estimate of drug-likeness (QED) is 0.390. The standard InChI is InChI=1S/C26H21FN2O5S/c1-4-13-34-25(32)21-15(2)28-26-29(22(21)17-7-9-18(10-8-17)24(31)33-3)23(30)20(35-26)14-16-5-11-19(27)12-6-16/h4-12,14,22H,1,13H2,2-3H3. The minimum Gasteiger partial charge on any atom is -0.465 e.